The number of anilines is 1. The molecule has 8 heteroatoms. The number of aromatic nitrogens is 2. The summed E-state index contributed by atoms with van der Waals surface area (Å²) < 4.78 is 5.61. The summed E-state index contributed by atoms with van der Waals surface area (Å²) in [5, 5.41) is 4.24. The number of nitrogens with zero attached hydrogens (tertiary/aromatic N) is 3. The summed E-state index contributed by atoms with van der Waals surface area (Å²) >= 11 is 0. The van der Waals surface area contributed by atoms with Crippen molar-refractivity contribution in [1.29, 1.82) is 0 Å². The highest BCUT2D eigenvalue weighted by molar-refractivity contribution is 6.06. The molecule has 1 aliphatic rings. The van der Waals surface area contributed by atoms with E-state index in [4.69, 9.17) is 10.5 Å². The molecular formula is C25H29N5O3. The van der Waals surface area contributed by atoms with Crippen molar-refractivity contribution in [2.45, 2.75) is 44.8 Å². The van der Waals surface area contributed by atoms with Crippen molar-refractivity contribution in [2.75, 3.05) is 18.4 Å². The fourth-order valence-corrected chi connectivity index (χ4v) is 4.27. The van der Waals surface area contributed by atoms with Crippen molar-refractivity contribution in [1.82, 2.24) is 14.9 Å². The van der Waals surface area contributed by atoms with Crippen molar-refractivity contribution in [3.8, 4) is 0 Å². The molecule has 1 aliphatic heterocycles. The summed E-state index contributed by atoms with van der Waals surface area (Å²) in [6.45, 7) is 6.64. The quantitative estimate of drug-likeness (QED) is 0.627. The number of amides is 2. The highest BCUT2D eigenvalue weighted by Gasteiger charge is 2.35. The molecule has 0 bridgehead atoms. The van der Waals surface area contributed by atoms with Gasteiger partial charge < -0.3 is 20.7 Å². The van der Waals surface area contributed by atoms with E-state index in [0.29, 0.717) is 35.4 Å². The van der Waals surface area contributed by atoms with Crippen LogP contribution in [0.3, 0.4) is 0 Å². The number of carbonyl (C=O) groups excluding carboxylic acids is 2. The summed E-state index contributed by atoms with van der Waals surface area (Å²) in [4.78, 5) is 35.1. The number of rotatable bonds is 4. The van der Waals surface area contributed by atoms with Gasteiger partial charge in [0.1, 0.15) is 17.7 Å². The standard InChI is InChI=1S/C25H29N5O3/c1-25(2,3)33-24(32)30-13-12-17(16-8-5-4-6-9-16)20(14-30)29-23-19-11-7-10-18(22(26)31)21(19)27-15-28-23/h4-11,15,17,20H,12-14H2,1-3H3,(H2,26,31)(H,27,28,29). The van der Waals surface area contributed by atoms with E-state index in [1.54, 1.807) is 17.0 Å². The molecule has 8 nitrogen and oxygen atoms in total. The Bertz CT molecular complexity index is 1160. The van der Waals surface area contributed by atoms with Gasteiger partial charge in [0, 0.05) is 24.4 Å². The molecule has 3 N–H and O–H groups in total. The van der Waals surface area contributed by atoms with E-state index in [0.717, 1.165) is 6.42 Å². The summed E-state index contributed by atoms with van der Waals surface area (Å²) in [6.07, 6.45) is 1.86. The first-order valence-electron chi connectivity index (χ1n) is 11.1. The first-order valence-corrected chi connectivity index (χ1v) is 11.1. The van der Waals surface area contributed by atoms with E-state index in [1.807, 2.05) is 45.0 Å². The number of primary amides is 1. The van der Waals surface area contributed by atoms with Crippen LogP contribution >= 0.6 is 0 Å². The molecule has 3 aromatic rings. The van der Waals surface area contributed by atoms with Crippen molar-refractivity contribution in [2.24, 2.45) is 5.73 Å². The number of fused-ring (bicyclic) bond motifs is 1. The third-order valence-electron chi connectivity index (χ3n) is 5.74. The SMILES string of the molecule is CC(C)(C)OC(=O)N1CCC(c2ccccc2)C(Nc2ncnc3c(C(N)=O)cccc23)C1. The Morgan fingerprint density at radius 1 is 1.09 bits per heavy atom. The van der Waals surface area contributed by atoms with Gasteiger partial charge >= 0.3 is 6.09 Å². The lowest BCUT2D eigenvalue weighted by Crippen LogP contribution is -2.50. The van der Waals surface area contributed by atoms with E-state index >= 15 is 0 Å². The van der Waals surface area contributed by atoms with E-state index < -0.39 is 11.5 Å². The number of para-hydroxylation sites is 1. The fraction of sp³-hybridized carbons (Fsp3) is 0.360. The van der Waals surface area contributed by atoms with Gasteiger partial charge in [0.15, 0.2) is 0 Å². The van der Waals surface area contributed by atoms with Crippen LogP contribution in [0.15, 0.2) is 54.9 Å². The zero-order chi connectivity index (χ0) is 23.6. The second kappa shape index (κ2) is 9.05. The smallest absolute Gasteiger partial charge is 0.410 e. The maximum absolute atomic E-state index is 12.8. The Kier molecular flexibility index (Phi) is 6.18. The average Bonchev–Trinajstić information content (AvgIpc) is 2.78. The molecule has 4 rings (SSSR count). The topological polar surface area (TPSA) is 110 Å². The molecule has 1 fully saturated rings. The number of carbonyl (C=O) groups is 2. The molecule has 172 valence electrons. The Labute approximate surface area is 193 Å². The monoisotopic (exact) mass is 447 g/mol. The number of piperidine rings is 1. The highest BCUT2D eigenvalue weighted by Crippen LogP contribution is 2.32. The molecule has 0 saturated carbocycles. The van der Waals surface area contributed by atoms with Gasteiger partial charge in [-0.1, -0.05) is 36.4 Å². The maximum Gasteiger partial charge on any atom is 0.410 e. The highest BCUT2D eigenvalue weighted by atomic mass is 16.6. The number of benzene rings is 2. The molecule has 2 unspecified atom stereocenters. The van der Waals surface area contributed by atoms with Gasteiger partial charge in [-0.15, -0.1) is 0 Å². The molecule has 2 atom stereocenters. The van der Waals surface area contributed by atoms with Gasteiger partial charge in [-0.2, -0.15) is 0 Å². The maximum atomic E-state index is 12.8. The molecule has 0 spiro atoms. The largest absolute Gasteiger partial charge is 0.444 e. The van der Waals surface area contributed by atoms with Crippen LogP contribution in [-0.2, 0) is 4.74 Å². The summed E-state index contributed by atoms with van der Waals surface area (Å²) in [5.74, 6) is 0.218. The molecule has 2 heterocycles. The van der Waals surface area contributed by atoms with Crippen LogP contribution < -0.4 is 11.1 Å². The minimum Gasteiger partial charge on any atom is -0.444 e. The van der Waals surface area contributed by atoms with Crippen molar-refractivity contribution < 1.29 is 14.3 Å². The molecule has 0 radical (unpaired) electrons. The van der Waals surface area contributed by atoms with Crippen molar-refractivity contribution >= 4 is 28.7 Å². The van der Waals surface area contributed by atoms with E-state index in [-0.39, 0.29) is 18.1 Å². The van der Waals surface area contributed by atoms with Crippen LogP contribution in [0.5, 0.6) is 0 Å². The molecule has 2 aromatic carbocycles. The predicted molar refractivity (Wildman–Crippen MR) is 127 cm³/mol. The van der Waals surface area contributed by atoms with Crippen molar-refractivity contribution in [3.05, 3.63) is 66.0 Å². The number of likely N-dealkylation sites (tertiary alicyclic amines) is 1. The van der Waals surface area contributed by atoms with Crippen LogP contribution in [0.2, 0.25) is 0 Å². The Balaban J connectivity index is 1.67. The zero-order valence-corrected chi connectivity index (χ0v) is 19.1. The lowest BCUT2D eigenvalue weighted by atomic mass is 9.85. The summed E-state index contributed by atoms with van der Waals surface area (Å²) in [5.41, 5.74) is 7.00. The second-order valence-electron chi connectivity index (χ2n) is 9.27. The van der Waals surface area contributed by atoms with Crippen LogP contribution in [-0.4, -0.2) is 51.6 Å². The summed E-state index contributed by atoms with van der Waals surface area (Å²) in [7, 11) is 0. The normalized spacial score (nSPS) is 18.7. The Hall–Kier alpha value is -3.68. The van der Waals surface area contributed by atoms with Gasteiger partial charge in [0.2, 0.25) is 0 Å². The first-order chi connectivity index (χ1) is 15.7. The van der Waals surface area contributed by atoms with Gasteiger partial charge in [-0.25, -0.2) is 14.8 Å². The van der Waals surface area contributed by atoms with Crippen LogP contribution in [0.4, 0.5) is 10.6 Å². The van der Waals surface area contributed by atoms with Gasteiger partial charge in [0.25, 0.3) is 5.91 Å². The van der Waals surface area contributed by atoms with Gasteiger partial charge in [-0.05, 0) is 44.9 Å². The van der Waals surface area contributed by atoms with Gasteiger partial charge in [0.05, 0.1) is 17.1 Å². The second-order valence-corrected chi connectivity index (χ2v) is 9.27. The number of ether oxygens (including phenoxy) is 1. The molecule has 2 amide bonds. The lowest BCUT2D eigenvalue weighted by Gasteiger charge is -2.40. The molecule has 33 heavy (non-hydrogen) atoms. The minimum atomic E-state index is -0.565. The van der Waals surface area contributed by atoms with E-state index in [1.165, 1.54) is 11.9 Å². The number of nitrogens with one attached hydrogen (secondary N) is 1. The molecule has 1 aromatic heterocycles. The third-order valence-corrected chi connectivity index (χ3v) is 5.74. The average molecular weight is 448 g/mol. The third kappa shape index (κ3) is 5.05. The Morgan fingerprint density at radius 2 is 1.85 bits per heavy atom. The molecule has 0 aliphatic carbocycles. The fourth-order valence-electron chi connectivity index (χ4n) is 4.27. The predicted octanol–water partition coefficient (Wildman–Crippen LogP) is 3.93. The number of hydrogen-bond donors (Lipinski definition) is 2. The van der Waals surface area contributed by atoms with E-state index in [9.17, 15) is 9.59 Å². The minimum absolute atomic E-state index is 0.121. The number of hydrogen-bond acceptors (Lipinski definition) is 6. The van der Waals surface area contributed by atoms with E-state index in [2.05, 4.69) is 27.4 Å². The van der Waals surface area contributed by atoms with Crippen LogP contribution in [0, 0.1) is 0 Å². The summed E-state index contributed by atoms with van der Waals surface area (Å²) in [6, 6.07) is 15.4. The first kappa shape index (κ1) is 22.5. The molecular weight excluding hydrogens is 418 g/mol. The van der Waals surface area contributed by atoms with Crippen LogP contribution in [0.25, 0.3) is 10.9 Å². The lowest BCUT2D eigenvalue weighted by molar-refractivity contribution is 0.0193. The van der Waals surface area contributed by atoms with Gasteiger partial charge in [-0.3, -0.25) is 4.79 Å². The number of nitrogens with two attached hydrogens (primary N) is 1. The zero-order valence-electron chi connectivity index (χ0n) is 19.1. The molecule has 1 saturated heterocycles. The van der Waals surface area contributed by atoms with Crippen molar-refractivity contribution in [3.63, 3.8) is 0 Å². The van der Waals surface area contributed by atoms with Crippen LogP contribution in [0.1, 0.15) is 49.0 Å². The Morgan fingerprint density at radius 3 is 2.55 bits per heavy atom.